The third-order valence-corrected chi connectivity index (χ3v) is 5.64. The van der Waals surface area contributed by atoms with Gasteiger partial charge in [0.1, 0.15) is 11.7 Å². The summed E-state index contributed by atoms with van der Waals surface area (Å²) >= 11 is 5.43. The molecular formula is C21H19ClF3N5O2. The normalized spacial score (nSPS) is 15.2. The molecule has 32 heavy (non-hydrogen) atoms. The Balaban J connectivity index is 1.52. The van der Waals surface area contributed by atoms with E-state index in [1.165, 1.54) is 11.0 Å². The van der Waals surface area contributed by atoms with Crippen molar-refractivity contribution in [2.45, 2.75) is 24.9 Å². The van der Waals surface area contributed by atoms with Crippen molar-refractivity contribution in [3.8, 4) is 0 Å². The van der Waals surface area contributed by atoms with E-state index in [1.54, 1.807) is 0 Å². The summed E-state index contributed by atoms with van der Waals surface area (Å²) in [5.41, 5.74) is -0.552. The number of nitrogens with one attached hydrogen (secondary N) is 1. The van der Waals surface area contributed by atoms with Crippen LogP contribution in [0.3, 0.4) is 0 Å². The second-order valence-corrected chi connectivity index (χ2v) is 7.80. The van der Waals surface area contributed by atoms with Crippen LogP contribution in [0.2, 0.25) is 0 Å². The van der Waals surface area contributed by atoms with Gasteiger partial charge in [0.05, 0.1) is 5.56 Å². The van der Waals surface area contributed by atoms with Gasteiger partial charge in [-0.1, -0.05) is 6.07 Å². The van der Waals surface area contributed by atoms with E-state index in [2.05, 4.69) is 15.5 Å². The number of rotatable bonds is 4. The van der Waals surface area contributed by atoms with Crippen LogP contribution in [0, 0.1) is 0 Å². The number of alkyl halides is 4. The first-order chi connectivity index (χ1) is 15.3. The fraction of sp³-hybridized carbons (Fsp3) is 0.333. The van der Waals surface area contributed by atoms with Crippen molar-refractivity contribution in [2.24, 2.45) is 0 Å². The topological polar surface area (TPSA) is 79.6 Å². The fourth-order valence-electron chi connectivity index (χ4n) is 3.84. The van der Waals surface area contributed by atoms with E-state index in [1.807, 2.05) is 28.8 Å². The number of amides is 2. The number of benzene rings is 1. The Morgan fingerprint density at radius 2 is 1.88 bits per heavy atom. The summed E-state index contributed by atoms with van der Waals surface area (Å²) in [6.45, 7) is 0.732. The van der Waals surface area contributed by atoms with Gasteiger partial charge in [-0.15, -0.1) is 21.8 Å². The molecule has 1 aliphatic rings. The van der Waals surface area contributed by atoms with E-state index >= 15 is 0 Å². The van der Waals surface area contributed by atoms with Gasteiger partial charge in [0.15, 0.2) is 5.65 Å². The predicted molar refractivity (Wildman–Crippen MR) is 112 cm³/mol. The summed E-state index contributed by atoms with van der Waals surface area (Å²) in [6.07, 6.45) is -1.58. The van der Waals surface area contributed by atoms with E-state index in [0.717, 1.165) is 23.6 Å². The van der Waals surface area contributed by atoms with Crippen molar-refractivity contribution >= 4 is 34.7 Å². The summed E-state index contributed by atoms with van der Waals surface area (Å²) in [7, 11) is 0. The van der Waals surface area contributed by atoms with Gasteiger partial charge in [0.25, 0.3) is 5.91 Å². The lowest BCUT2D eigenvalue weighted by Crippen LogP contribution is -2.38. The number of hydrogen-bond donors (Lipinski definition) is 1. The number of piperidine rings is 1. The van der Waals surface area contributed by atoms with Gasteiger partial charge >= 0.3 is 6.18 Å². The van der Waals surface area contributed by atoms with Gasteiger partial charge in [-0.05, 0) is 43.2 Å². The summed E-state index contributed by atoms with van der Waals surface area (Å²) in [5.74, 6) is -0.716. The van der Waals surface area contributed by atoms with Gasteiger partial charge in [0.2, 0.25) is 5.91 Å². The molecule has 0 aliphatic carbocycles. The van der Waals surface area contributed by atoms with Crippen LogP contribution in [0.4, 0.5) is 18.9 Å². The Morgan fingerprint density at radius 1 is 1.12 bits per heavy atom. The molecule has 4 rings (SSSR count). The van der Waals surface area contributed by atoms with Gasteiger partial charge in [0, 0.05) is 36.5 Å². The maximum Gasteiger partial charge on any atom is 0.416 e. The first-order valence-electron chi connectivity index (χ1n) is 9.93. The predicted octanol–water partition coefficient (Wildman–Crippen LogP) is 3.95. The molecule has 1 saturated heterocycles. The maximum absolute atomic E-state index is 13.3. The minimum Gasteiger partial charge on any atom is -0.339 e. The number of halogens is 4. The van der Waals surface area contributed by atoms with Crippen molar-refractivity contribution in [1.29, 1.82) is 0 Å². The van der Waals surface area contributed by atoms with Crippen molar-refractivity contribution < 1.29 is 22.8 Å². The van der Waals surface area contributed by atoms with Crippen LogP contribution in [0.5, 0.6) is 0 Å². The Morgan fingerprint density at radius 3 is 2.56 bits per heavy atom. The molecule has 1 aromatic carbocycles. The molecule has 1 aliphatic heterocycles. The van der Waals surface area contributed by atoms with E-state index in [4.69, 9.17) is 11.6 Å². The smallest absolute Gasteiger partial charge is 0.339 e. The zero-order chi connectivity index (χ0) is 22.9. The van der Waals surface area contributed by atoms with Gasteiger partial charge in [-0.25, -0.2) is 0 Å². The molecule has 3 aromatic rings. The molecule has 2 amide bonds. The number of anilines is 1. The first kappa shape index (κ1) is 22.1. The number of fused-ring (bicyclic) bond motifs is 1. The van der Waals surface area contributed by atoms with Crippen molar-refractivity contribution in [3.05, 3.63) is 59.5 Å². The van der Waals surface area contributed by atoms with E-state index in [9.17, 15) is 22.8 Å². The maximum atomic E-state index is 13.3. The summed E-state index contributed by atoms with van der Waals surface area (Å²) in [6, 6.07) is 8.42. The van der Waals surface area contributed by atoms with Gasteiger partial charge < -0.3 is 10.2 Å². The number of hydrogen-bond acceptors (Lipinski definition) is 4. The molecule has 0 radical (unpaired) electrons. The average Bonchev–Trinajstić information content (AvgIpc) is 3.22. The minimum absolute atomic E-state index is 0.0801. The summed E-state index contributed by atoms with van der Waals surface area (Å²) < 4.78 is 41.9. The zero-order valence-corrected chi connectivity index (χ0v) is 17.5. The lowest BCUT2D eigenvalue weighted by molar-refractivity contribution is -0.137. The number of nitrogens with zero attached hydrogens (tertiary/aromatic N) is 4. The van der Waals surface area contributed by atoms with Crippen LogP contribution < -0.4 is 5.32 Å². The number of carbonyl (C=O) groups is 2. The Bertz CT molecular complexity index is 1160. The SMILES string of the molecule is O=C(CCl)Nc1cc(C(=O)N2CCC(c3nnc4ccccn34)CC2)cc(C(F)(F)F)c1. The summed E-state index contributed by atoms with van der Waals surface area (Å²) in [4.78, 5) is 26.0. The van der Waals surface area contributed by atoms with Crippen LogP contribution >= 0.6 is 11.6 Å². The van der Waals surface area contributed by atoms with Crippen LogP contribution in [-0.4, -0.2) is 50.3 Å². The molecular weight excluding hydrogens is 447 g/mol. The molecule has 3 heterocycles. The molecule has 0 atom stereocenters. The molecule has 2 aromatic heterocycles. The third kappa shape index (κ3) is 4.55. The lowest BCUT2D eigenvalue weighted by Gasteiger charge is -2.31. The zero-order valence-electron chi connectivity index (χ0n) is 16.8. The first-order valence-corrected chi connectivity index (χ1v) is 10.5. The minimum atomic E-state index is -4.67. The number of likely N-dealkylation sites (tertiary alicyclic amines) is 1. The van der Waals surface area contributed by atoms with E-state index in [-0.39, 0.29) is 17.2 Å². The van der Waals surface area contributed by atoms with Crippen LogP contribution in [-0.2, 0) is 11.0 Å². The molecule has 168 valence electrons. The third-order valence-electron chi connectivity index (χ3n) is 5.40. The van der Waals surface area contributed by atoms with E-state index < -0.39 is 29.4 Å². The highest BCUT2D eigenvalue weighted by molar-refractivity contribution is 6.29. The lowest BCUT2D eigenvalue weighted by atomic mass is 9.95. The number of aromatic nitrogens is 3. The highest BCUT2D eigenvalue weighted by Gasteiger charge is 2.33. The fourth-order valence-corrected chi connectivity index (χ4v) is 3.91. The second-order valence-electron chi connectivity index (χ2n) is 7.53. The number of pyridine rings is 1. The second kappa shape index (κ2) is 8.78. The average molecular weight is 466 g/mol. The van der Waals surface area contributed by atoms with Crippen molar-refractivity contribution in [1.82, 2.24) is 19.5 Å². The summed E-state index contributed by atoms with van der Waals surface area (Å²) in [5, 5.41) is 10.7. The largest absolute Gasteiger partial charge is 0.416 e. The van der Waals surface area contributed by atoms with Gasteiger partial charge in [-0.3, -0.25) is 14.0 Å². The Hall–Kier alpha value is -3.14. The van der Waals surface area contributed by atoms with Crippen LogP contribution in [0.15, 0.2) is 42.6 Å². The molecule has 0 spiro atoms. The van der Waals surface area contributed by atoms with Gasteiger partial charge in [-0.2, -0.15) is 13.2 Å². The standard InChI is InChI=1S/C21H19ClF3N5O2/c22-12-18(31)26-16-10-14(9-15(11-16)21(23,24)25)20(32)29-7-4-13(5-8-29)19-28-27-17-3-1-2-6-30(17)19/h1-3,6,9-11,13H,4-5,7-8,12H2,(H,26,31). The van der Waals surface area contributed by atoms with Crippen molar-refractivity contribution in [3.63, 3.8) is 0 Å². The molecule has 7 nitrogen and oxygen atoms in total. The van der Waals surface area contributed by atoms with Crippen LogP contribution in [0.25, 0.3) is 5.65 Å². The molecule has 0 saturated carbocycles. The van der Waals surface area contributed by atoms with Crippen molar-refractivity contribution in [2.75, 3.05) is 24.3 Å². The Kier molecular flexibility index (Phi) is 6.05. The van der Waals surface area contributed by atoms with Crippen LogP contribution in [0.1, 0.15) is 40.5 Å². The highest BCUT2D eigenvalue weighted by atomic mass is 35.5. The monoisotopic (exact) mass is 465 g/mol. The molecule has 0 bridgehead atoms. The number of carbonyl (C=O) groups excluding carboxylic acids is 2. The Labute approximate surface area is 186 Å². The molecule has 1 fully saturated rings. The molecule has 0 unspecified atom stereocenters. The van der Waals surface area contributed by atoms with E-state index in [0.29, 0.717) is 25.9 Å². The quantitative estimate of drug-likeness (QED) is 0.592. The highest BCUT2D eigenvalue weighted by Crippen LogP contribution is 2.33. The molecule has 1 N–H and O–H groups in total. The molecule has 11 heteroatoms.